The summed E-state index contributed by atoms with van der Waals surface area (Å²) in [7, 11) is 0. The van der Waals surface area contributed by atoms with Crippen LogP contribution in [-0.4, -0.2) is 15.0 Å². The molecule has 8 heteroatoms. The van der Waals surface area contributed by atoms with Crippen molar-refractivity contribution in [1.82, 2.24) is 15.0 Å². The van der Waals surface area contributed by atoms with E-state index in [4.69, 9.17) is 34.8 Å². The number of halogens is 4. The SMILES string of the molecule is Clc1nc(Cl)nc(Nc2ccc(Br)cc2Cl)n1. The number of aromatic nitrogens is 3. The Hall–Kier alpha value is -0.620. The lowest BCUT2D eigenvalue weighted by molar-refractivity contribution is 1.05. The van der Waals surface area contributed by atoms with E-state index >= 15 is 0 Å². The predicted molar refractivity (Wildman–Crippen MR) is 72.3 cm³/mol. The summed E-state index contributed by atoms with van der Waals surface area (Å²) in [5.74, 6) is 0.235. The standard InChI is InChI=1S/C9H4BrCl3N4/c10-4-1-2-6(5(11)3-4)14-9-16-7(12)15-8(13)17-9/h1-3H,(H,14,15,16,17). The largest absolute Gasteiger partial charge is 0.323 e. The monoisotopic (exact) mass is 352 g/mol. The zero-order valence-corrected chi connectivity index (χ0v) is 11.9. The van der Waals surface area contributed by atoms with E-state index in [9.17, 15) is 0 Å². The van der Waals surface area contributed by atoms with E-state index in [0.29, 0.717) is 10.7 Å². The van der Waals surface area contributed by atoms with Crippen LogP contribution in [-0.2, 0) is 0 Å². The maximum absolute atomic E-state index is 6.03. The minimum Gasteiger partial charge on any atom is -0.323 e. The van der Waals surface area contributed by atoms with Crippen LogP contribution in [0.5, 0.6) is 0 Å². The Morgan fingerprint density at radius 1 is 1.00 bits per heavy atom. The second kappa shape index (κ2) is 5.35. The van der Waals surface area contributed by atoms with Gasteiger partial charge in [0.2, 0.25) is 16.5 Å². The van der Waals surface area contributed by atoms with Crippen LogP contribution < -0.4 is 5.32 Å². The first-order chi connectivity index (χ1) is 8.04. The van der Waals surface area contributed by atoms with Crippen LogP contribution >= 0.6 is 50.7 Å². The molecule has 0 saturated carbocycles. The molecular weight excluding hydrogens is 350 g/mol. The van der Waals surface area contributed by atoms with Gasteiger partial charge < -0.3 is 5.32 Å². The molecule has 1 aromatic carbocycles. The first kappa shape index (κ1) is 12.8. The van der Waals surface area contributed by atoms with Gasteiger partial charge in [-0.2, -0.15) is 15.0 Å². The Morgan fingerprint density at radius 2 is 1.65 bits per heavy atom. The molecule has 1 aromatic heterocycles. The average Bonchev–Trinajstić information content (AvgIpc) is 2.21. The van der Waals surface area contributed by atoms with Crippen molar-refractivity contribution in [3.8, 4) is 0 Å². The lowest BCUT2D eigenvalue weighted by Crippen LogP contribution is -1.99. The number of nitrogens with one attached hydrogen (secondary N) is 1. The Bertz CT molecular complexity index is 544. The molecule has 0 atom stereocenters. The number of anilines is 2. The minimum absolute atomic E-state index is 0.0146. The molecule has 0 fully saturated rings. The molecule has 0 aliphatic rings. The van der Waals surface area contributed by atoms with Crippen molar-refractivity contribution < 1.29 is 0 Å². The highest BCUT2D eigenvalue weighted by Gasteiger charge is 2.06. The smallest absolute Gasteiger partial charge is 0.232 e. The zero-order chi connectivity index (χ0) is 12.4. The van der Waals surface area contributed by atoms with Crippen molar-refractivity contribution >= 4 is 62.4 Å². The van der Waals surface area contributed by atoms with Crippen LogP contribution in [0.4, 0.5) is 11.6 Å². The molecule has 0 radical (unpaired) electrons. The highest BCUT2D eigenvalue weighted by atomic mass is 79.9. The number of rotatable bonds is 2. The number of hydrogen-bond donors (Lipinski definition) is 1. The number of nitrogens with zero attached hydrogens (tertiary/aromatic N) is 3. The molecule has 0 aliphatic carbocycles. The molecule has 0 unspecified atom stereocenters. The van der Waals surface area contributed by atoms with Crippen LogP contribution in [0.15, 0.2) is 22.7 Å². The lowest BCUT2D eigenvalue weighted by atomic mass is 10.3. The van der Waals surface area contributed by atoms with Gasteiger partial charge in [-0.25, -0.2) is 0 Å². The third-order valence-electron chi connectivity index (χ3n) is 1.76. The fourth-order valence-corrected chi connectivity index (χ4v) is 2.18. The van der Waals surface area contributed by atoms with E-state index in [-0.39, 0.29) is 16.5 Å². The van der Waals surface area contributed by atoms with E-state index < -0.39 is 0 Å². The first-order valence-electron chi connectivity index (χ1n) is 4.34. The molecule has 4 nitrogen and oxygen atoms in total. The second-order valence-electron chi connectivity index (χ2n) is 2.95. The predicted octanol–water partition coefficient (Wildman–Crippen LogP) is 4.34. The van der Waals surface area contributed by atoms with E-state index in [1.165, 1.54) is 0 Å². The number of benzene rings is 1. The topological polar surface area (TPSA) is 50.7 Å². The van der Waals surface area contributed by atoms with Crippen LogP contribution in [0, 0.1) is 0 Å². The third kappa shape index (κ3) is 3.42. The maximum Gasteiger partial charge on any atom is 0.232 e. The van der Waals surface area contributed by atoms with Crippen LogP contribution in [0.3, 0.4) is 0 Å². The Morgan fingerprint density at radius 3 is 2.24 bits per heavy atom. The molecule has 0 aliphatic heterocycles. The molecule has 88 valence electrons. The van der Waals surface area contributed by atoms with Gasteiger partial charge in [0.1, 0.15) is 0 Å². The maximum atomic E-state index is 6.03. The van der Waals surface area contributed by atoms with Crippen LogP contribution in [0.25, 0.3) is 0 Å². The summed E-state index contributed by atoms with van der Waals surface area (Å²) >= 11 is 20.6. The van der Waals surface area contributed by atoms with Crippen molar-refractivity contribution in [2.75, 3.05) is 5.32 Å². The molecular formula is C9H4BrCl3N4. The van der Waals surface area contributed by atoms with Gasteiger partial charge in [0.25, 0.3) is 0 Å². The van der Waals surface area contributed by atoms with Gasteiger partial charge in [0, 0.05) is 4.47 Å². The molecule has 0 bridgehead atoms. The van der Waals surface area contributed by atoms with Gasteiger partial charge in [-0.1, -0.05) is 27.5 Å². The minimum atomic E-state index is 0.0146. The molecule has 1 heterocycles. The summed E-state index contributed by atoms with van der Waals surface area (Å²) in [6.07, 6.45) is 0. The summed E-state index contributed by atoms with van der Waals surface area (Å²) in [6, 6.07) is 5.35. The van der Waals surface area contributed by atoms with Crippen LogP contribution in [0.1, 0.15) is 0 Å². The third-order valence-corrected chi connectivity index (χ3v) is 2.90. The summed E-state index contributed by atoms with van der Waals surface area (Å²) in [5, 5.41) is 3.45. The summed E-state index contributed by atoms with van der Waals surface area (Å²) in [4.78, 5) is 11.4. The Balaban J connectivity index is 2.31. The Kier molecular flexibility index (Phi) is 4.04. The van der Waals surface area contributed by atoms with Gasteiger partial charge in [0.15, 0.2) is 0 Å². The fraction of sp³-hybridized carbons (Fsp3) is 0. The highest BCUT2D eigenvalue weighted by molar-refractivity contribution is 9.10. The summed E-state index contributed by atoms with van der Waals surface area (Å²) in [5.41, 5.74) is 0.646. The summed E-state index contributed by atoms with van der Waals surface area (Å²) in [6.45, 7) is 0. The van der Waals surface area contributed by atoms with Crippen LogP contribution in [0.2, 0.25) is 15.6 Å². The first-order valence-corrected chi connectivity index (χ1v) is 6.26. The molecule has 1 N–H and O–H groups in total. The van der Waals surface area contributed by atoms with Crippen molar-refractivity contribution in [1.29, 1.82) is 0 Å². The normalized spacial score (nSPS) is 10.4. The van der Waals surface area contributed by atoms with E-state index in [0.717, 1.165) is 4.47 Å². The lowest BCUT2D eigenvalue weighted by Gasteiger charge is -2.07. The molecule has 2 aromatic rings. The van der Waals surface area contributed by atoms with Gasteiger partial charge in [-0.3, -0.25) is 0 Å². The van der Waals surface area contributed by atoms with E-state index in [1.807, 2.05) is 6.07 Å². The van der Waals surface area contributed by atoms with Gasteiger partial charge >= 0.3 is 0 Å². The molecule has 0 spiro atoms. The molecule has 0 amide bonds. The van der Waals surface area contributed by atoms with Crippen molar-refractivity contribution in [3.05, 3.63) is 38.3 Å². The quantitative estimate of drug-likeness (QED) is 0.872. The van der Waals surface area contributed by atoms with Crippen molar-refractivity contribution in [2.45, 2.75) is 0 Å². The van der Waals surface area contributed by atoms with Crippen molar-refractivity contribution in [2.24, 2.45) is 0 Å². The Labute approximate surface area is 120 Å². The van der Waals surface area contributed by atoms with Gasteiger partial charge in [-0.15, -0.1) is 0 Å². The van der Waals surface area contributed by atoms with Gasteiger partial charge in [-0.05, 0) is 41.4 Å². The number of hydrogen-bond acceptors (Lipinski definition) is 4. The summed E-state index contributed by atoms with van der Waals surface area (Å²) < 4.78 is 0.875. The molecule has 17 heavy (non-hydrogen) atoms. The average molecular weight is 354 g/mol. The molecule has 2 rings (SSSR count). The second-order valence-corrected chi connectivity index (χ2v) is 4.95. The van der Waals surface area contributed by atoms with Crippen molar-refractivity contribution in [3.63, 3.8) is 0 Å². The van der Waals surface area contributed by atoms with Gasteiger partial charge in [0.05, 0.1) is 10.7 Å². The van der Waals surface area contributed by atoms with E-state index in [2.05, 4.69) is 36.2 Å². The highest BCUT2D eigenvalue weighted by Crippen LogP contribution is 2.27. The fourth-order valence-electron chi connectivity index (χ4n) is 1.09. The molecule has 0 saturated heterocycles. The zero-order valence-electron chi connectivity index (χ0n) is 8.09. The van der Waals surface area contributed by atoms with E-state index in [1.54, 1.807) is 12.1 Å².